The molecular formula is C12H18O5. The van der Waals surface area contributed by atoms with Gasteiger partial charge in [0, 0.05) is 19.8 Å². The third-order valence-corrected chi connectivity index (χ3v) is 3.06. The van der Waals surface area contributed by atoms with Crippen molar-refractivity contribution in [2.45, 2.75) is 46.0 Å². The summed E-state index contributed by atoms with van der Waals surface area (Å²) >= 11 is 0. The van der Waals surface area contributed by atoms with Gasteiger partial charge in [-0.25, -0.2) is 9.59 Å². The van der Waals surface area contributed by atoms with Crippen LogP contribution in [0.2, 0.25) is 0 Å². The van der Waals surface area contributed by atoms with E-state index in [1.54, 1.807) is 26.8 Å². The van der Waals surface area contributed by atoms with Crippen molar-refractivity contribution in [2.24, 2.45) is 5.92 Å². The van der Waals surface area contributed by atoms with Crippen LogP contribution in [0.1, 0.15) is 34.6 Å². The van der Waals surface area contributed by atoms with Crippen LogP contribution in [0.4, 0.5) is 0 Å². The van der Waals surface area contributed by atoms with E-state index >= 15 is 0 Å². The Kier molecular flexibility index (Phi) is 3.34. The van der Waals surface area contributed by atoms with Crippen molar-refractivity contribution in [3.05, 3.63) is 11.6 Å². The molecule has 0 spiro atoms. The van der Waals surface area contributed by atoms with Crippen LogP contribution in [0.5, 0.6) is 0 Å². The lowest BCUT2D eigenvalue weighted by molar-refractivity contribution is -0.263. The average Bonchev–Trinajstić information content (AvgIpc) is 2.22. The van der Waals surface area contributed by atoms with Gasteiger partial charge in [0.25, 0.3) is 11.4 Å². The molecule has 1 aliphatic heterocycles. The first kappa shape index (κ1) is 13.7. The predicted molar refractivity (Wildman–Crippen MR) is 59.8 cm³/mol. The fraction of sp³-hybridized carbons (Fsp3) is 0.667. The molecule has 96 valence electrons. The SMILES string of the molecule is C/C=C(\C)C(C)C1(O)C(=O)OC(C)(C)OC1=O. The Balaban J connectivity index is 3.12. The highest BCUT2D eigenvalue weighted by atomic mass is 16.8. The fourth-order valence-corrected chi connectivity index (χ4v) is 1.64. The number of cyclic esters (lactones) is 2. The van der Waals surface area contributed by atoms with Crippen LogP contribution in [0.25, 0.3) is 0 Å². The molecular weight excluding hydrogens is 224 g/mol. The highest BCUT2D eigenvalue weighted by Gasteiger charge is 2.58. The minimum absolute atomic E-state index is 0.691. The number of carbonyl (C=O) groups excluding carboxylic acids is 2. The van der Waals surface area contributed by atoms with Gasteiger partial charge in [0.05, 0.1) is 0 Å². The average molecular weight is 242 g/mol. The summed E-state index contributed by atoms with van der Waals surface area (Å²) in [5.41, 5.74) is -1.55. The van der Waals surface area contributed by atoms with Crippen LogP contribution < -0.4 is 0 Å². The second-order valence-corrected chi connectivity index (χ2v) is 4.70. The van der Waals surface area contributed by atoms with Gasteiger partial charge in [0.15, 0.2) is 0 Å². The number of ether oxygens (including phenoxy) is 2. The quantitative estimate of drug-likeness (QED) is 0.447. The summed E-state index contributed by atoms with van der Waals surface area (Å²) < 4.78 is 9.83. The van der Waals surface area contributed by atoms with Gasteiger partial charge in [-0.3, -0.25) is 0 Å². The summed E-state index contributed by atoms with van der Waals surface area (Å²) in [5.74, 6) is -3.95. The first-order valence-corrected chi connectivity index (χ1v) is 5.47. The van der Waals surface area contributed by atoms with E-state index in [2.05, 4.69) is 0 Å². The Bertz CT molecular complexity index is 360. The van der Waals surface area contributed by atoms with Crippen molar-refractivity contribution >= 4 is 11.9 Å². The minimum atomic E-state index is -2.26. The number of hydrogen-bond acceptors (Lipinski definition) is 5. The molecule has 1 aliphatic rings. The molecule has 1 heterocycles. The van der Waals surface area contributed by atoms with Crippen molar-refractivity contribution in [3.8, 4) is 0 Å². The lowest BCUT2D eigenvalue weighted by Gasteiger charge is -2.40. The molecule has 5 heteroatoms. The van der Waals surface area contributed by atoms with Crippen molar-refractivity contribution in [2.75, 3.05) is 0 Å². The van der Waals surface area contributed by atoms with Crippen LogP contribution in [-0.4, -0.2) is 28.4 Å². The van der Waals surface area contributed by atoms with Gasteiger partial charge in [-0.1, -0.05) is 18.6 Å². The molecule has 1 N–H and O–H groups in total. The topological polar surface area (TPSA) is 72.8 Å². The highest BCUT2D eigenvalue weighted by Crippen LogP contribution is 2.34. The number of carbonyl (C=O) groups is 2. The molecule has 0 aliphatic carbocycles. The van der Waals surface area contributed by atoms with Gasteiger partial charge in [-0.05, 0) is 13.8 Å². The van der Waals surface area contributed by atoms with Gasteiger partial charge in [-0.2, -0.15) is 0 Å². The number of rotatable bonds is 2. The largest absolute Gasteiger partial charge is 0.420 e. The van der Waals surface area contributed by atoms with E-state index in [-0.39, 0.29) is 0 Å². The standard InChI is InChI=1S/C12H18O5/c1-6-7(2)8(3)12(15)9(13)16-11(4,5)17-10(12)14/h6,8,15H,1-5H3/b7-6+. The van der Waals surface area contributed by atoms with Crippen molar-refractivity contribution < 1.29 is 24.2 Å². The van der Waals surface area contributed by atoms with Gasteiger partial charge in [-0.15, -0.1) is 0 Å². The zero-order valence-electron chi connectivity index (χ0n) is 10.7. The highest BCUT2D eigenvalue weighted by molar-refractivity contribution is 6.05. The van der Waals surface area contributed by atoms with Crippen molar-refractivity contribution in [1.29, 1.82) is 0 Å². The van der Waals surface area contributed by atoms with E-state index in [1.165, 1.54) is 13.8 Å². The monoisotopic (exact) mass is 242 g/mol. The third kappa shape index (κ3) is 2.20. The first-order chi connectivity index (χ1) is 7.65. The molecule has 1 unspecified atom stereocenters. The van der Waals surface area contributed by atoms with E-state index in [1.807, 2.05) is 0 Å². The molecule has 0 radical (unpaired) electrons. The Morgan fingerprint density at radius 1 is 1.29 bits per heavy atom. The predicted octanol–water partition coefficient (Wildman–Crippen LogP) is 1.16. The summed E-state index contributed by atoms with van der Waals surface area (Å²) in [5, 5.41) is 10.2. The maximum atomic E-state index is 11.8. The molecule has 0 bridgehead atoms. The van der Waals surface area contributed by atoms with E-state index in [0.717, 1.165) is 0 Å². The summed E-state index contributed by atoms with van der Waals surface area (Å²) in [7, 11) is 0. The van der Waals surface area contributed by atoms with Crippen LogP contribution in [0.15, 0.2) is 11.6 Å². The molecule has 0 aromatic heterocycles. The molecule has 1 atom stereocenters. The molecule has 0 amide bonds. The summed E-state index contributed by atoms with van der Waals surface area (Å²) in [6.07, 6.45) is 1.73. The second kappa shape index (κ2) is 4.14. The molecule has 5 nitrogen and oxygen atoms in total. The maximum Gasteiger partial charge on any atom is 0.353 e. The minimum Gasteiger partial charge on any atom is -0.420 e. The first-order valence-electron chi connectivity index (χ1n) is 5.47. The summed E-state index contributed by atoms with van der Waals surface area (Å²) in [6, 6.07) is 0. The van der Waals surface area contributed by atoms with E-state index in [9.17, 15) is 14.7 Å². The second-order valence-electron chi connectivity index (χ2n) is 4.70. The molecule has 1 rings (SSSR count). The number of esters is 2. The van der Waals surface area contributed by atoms with E-state index in [4.69, 9.17) is 9.47 Å². The van der Waals surface area contributed by atoms with E-state index in [0.29, 0.717) is 5.57 Å². The van der Waals surface area contributed by atoms with E-state index < -0.39 is 29.2 Å². The van der Waals surface area contributed by atoms with Crippen molar-refractivity contribution in [1.82, 2.24) is 0 Å². The zero-order chi connectivity index (χ0) is 13.4. The fourth-order valence-electron chi connectivity index (χ4n) is 1.64. The molecule has 17 heavy (non-hydrogen) atoms. The molecule has 0 saturated carbocycles. The lowest BCUT2D eigenvalue weighted by atomic mass is 9.83. The number of allylic oxidation sites excluding steroid dienone is 1. The van der Waals surface area contributed by atoms with Gasteiger partial charge >= 0.3 is 11.9 Å². The van der Waals surface area contributed by atoms with Crippen LogP contribution >= 0.6 is 0 Å². The van der Waals surface area contributed by atoms with Crippen LogP contribution in [-0.2, 0) is 19.1 Å². The van der Waals surface area contributed by atoms with Crippen LogP contribution in [0.3, 0.4) is 0 Å². The zero-order valence-corrected chi connectivity index (χ0v) is 10.7. The Morgan fingerprint density at radius 3 is 2.06 bits per heavy atom. The Hall–Kier alpha value is -1.36. The Morgan fingerprint density at radius 2 is 1.71 bits per heavy atom. The van der Waals surface area contributed by atoms with Crippen LogP contribution in [0, 0.1) is 5.92 Å². The normalized spacial score (nSPS) is 24.9. The van der Waals surface area contributed by atoms with Crippen molar-refractivity contribution in [3.63, 3.8) is 0 Å². The molecule has 1 saturated heterocycles. The van der Waals surface area contributed by atoms with Gasteiger partial charge in [0.2, 0.25) is 0 Å². The lowest BCUT2D eigenvalue weighted by Crippen LogP contribution is -2.62. The number of hydrogen-bond donors (Lipinski definition) is 1. The summed E-state index contributed by atoms with van der Waals surface area (Å²) in [6.45, 7) is 7.95. The maximum absolute atomic E-state index is 11.8. The summed E-state index contributed by atoms with van der Waals surface area (Å²) in [4.78, 5) is 23.6. The number of aliphatic hydroxyl groups is 1. The Labute approximate surface area is 100 Å². The van der Waals surface area contributed by atoms with Gasteiger partial charge in [0.1, 0.15) is 0 Å². The molecule has 0 aromatic carbocycles. The molecule has 1 fully saturated rings. The molecule has 0 aromatic rings. The van der Waals surface area contributed by atoms with Gasteiger partial charge < -0.3 is 14.6 Å². The third-order valence-electron chi connectivity index (χ3n) is 3.06. The smallest absolute Gasteiger partial charge is 0.353 e.